The second-order valence-electron chi connectivity index (χ2n) is 7.74. The molecule has 0 radical (unpaired) electrons. The highest BCUT2D eigenvalue weighted by atomic mass is 35.5. The number of benzene rings is 2. The topological polar surface area (TPSA) is 31.2 Å². The molecule has 2 aliphatic rings. The molecule has 0 aliphatic carbocycles. The number of amides is 1. The SMILES string of the molecule is O=C(C[NH+]1CCN(c2ccc(F)cc2)CC1)N1CCN(c2cccc(Cl)c2)CC1. The van der Waals surface area contributed by atoms with Gasteiger partial charge in [0.25, 0.3) is 5.91 Å². The molecule has 7 heteroatoms. The van der Waals surface area contributed by atoms with Crippen molar-refractivity contribution in [2.45, 2.75) is 0 Å². The number of piperazine rings is 2. The molecular weight excluding hydrogens is 391 g/mol. The van der Waals surface area contributed by atoms with E-state index in [1.165, 1.54) is 17.0 Å². The van der Waals surface area contributed by atoms with Gasteiger partial charge in [-0.3, -0.25) is 4.79 Å². The van der Waals surface area contributed by atoms with Crippen LogP contribution in [0.2, 0.25) is 5.02 Å². The number of anilines is 2. The van der Waals surface area contributed by atoms with E-state index in [-0.39, 0.29) is 11.7 Å². The molecule has 29 heavy (non-hydrogen) atoms. The molecule has 5 nitrogen and oxygen atoms in total. The summed E-state index contributed by atoms with van der Waals surface area (Å²) in [5.41, 5.74) is 2.17. The highest BCUT2D eigenvalue weighted by Crippen LogP contribution is 2.20. The van der Waals surface area contributed by atoms with Crippen LogP contribution in [0.15, 0.2) is 48.5 Å². The average Bonchev–Trinajstić information content (AvgIpc) is 2.75. The molecule has 2 aliphatic heterocycles. The van der Waals surface area contributed by atoms with Crippen LogP contribution in [0.4, 0.5) is 15.8 Å². The third kappa shape index (κ3) is 5.00. The fourth-order valence-electron chi connectivity index (χ4n) is 4.12. The van der Waals surface area contributed by atoms with E-state index in [4.69, 9.17) is 11.6 Å². The first-order valence-corrected chi connectivity index (χ1v) is 10.6. The van der Waals surface area contributed by atoms with Gasteiger partial charge in [0.05, 0.1) is 26.2 Å². The van der Waals surface area contributed by atoms with E-state index in [1.807, 2.05) is 35.2 Å². The van der Waals surface area contributed by atoms with Crippen molar-refractivity contribution >= 4 is 28.9 Å². The third-order valence-electron chi connectivity index (χ3n) is 5.87. The van der Waals surface area contributed by atoms with Crippen molar-refractivity contribution in [3.8, 4) is 0 Å². The van der Waals surface area contributed by atoms with Crippen molar-refractivity contribution < 1.29 is 14.1 Å². The minimum atomic E-state index is -0.209. The normalized spacial score (nSPS) is 18.2. The lowest BCUT2D eigenvalue weighted by molar-refractivity contribution is -0.892. The summed E-state index contributed by atoms with van der Waals surface area (Å²) >= 11 is 6.09. The van der Waals surface area contributed by atoms with Gasteiger partial charge >= 0.3 is 0 Å². The summed E-state index contributed by atoms with van der Waals surface area (Å²) in [5.74, 6) is 0.0278. The number of hydrogen-bond acceptors (Lipinski definition) is 3. The first-order valence-electron chi connectivity index (χ1n) is 10.2. The smallest absolute Gasteiger partial charge is 0.277 e. The molecule has 2 aromatic rings. The van der Waals surface area contributed by atoms with Gasteiger partial charge in [-0.15, -0.1) is 0 Å². The summed E-state index contributed by atoms with van der Waals surface area (Å²) in [6.45, 7) is 7.33. The Hall–Kier alpha value is -2.31. The second-order valence-corrected chi connectivity index (χ2v) is 8.17. The Labute approximate surface area is 176 Å². The molecule has 0 spiro atoms. The fraction of sp³-hybridized carbons (Fsp3) is 0.409. The quantitative estimate of drug-likeness (QED) is 0.818. The predicted molar refractivity (Wildman–Crippen MR) is 114 cm³/mol. The zero-order valence-corrected chi connectivity index (χ0v) is 17.2. The molecule has 2 saturated heterocycles. The summed E-state index contributed by atoms with van der Waals surface area (Å²) in [6, 6.07) is 14.5. The molecule has 154 valence electrons. The Morgan fingerprint density at radius 1 is 0.897 bits per heavy atom. The molecule has 1 N–H and O–H groups in total. The molecule has 2 fully saturated rings. The highest BCUT2D eigenvalue weighted by molar-refractivity contribution is 6.30. The maximum atomic E-state index is 13.1. The lowest BCUT2D eigenvalue weighted by Gasteiger charge is -2.37. The first kappa shape index (κ1) is 20.0. The van der Waals surface area contributed by atoms with E-state index < -0.39 is 0 Å². The van der Waals surface area contributed by atoms with Crippen molar-refractivity contribution in [3.63, 3.8) is 0 Å². The number of quaternary nitrogens is 1. The van der Waals surface area contributed by atoms with Gasteiger partial charge in [0.1, 0.15) is 5.82 Å². The summed E-state index contributed by atoms with van der Waals surface area (Å²) in [6.07, 6.45) is 0. The summed E-state index contributed by atoms with van der Waals surface area (Å²) in [7, 11) is 0. The molecule has 1 amide bonds. The fourth-order valence-corrected chi connectivity index (χ4v) is 4.31. The average molecular weight is 418 g/mol. The molecule has 0 atom stereocenters. The van der Waals surface area contributed by atoms with Gasteiger partial charge in [-0.1, -0.05) is 17.7 Å². The molecular formula is C22H27ClFN4O+. The lowest BCUT2D eigenvalue weighted by Crippen LogP contribution is -3.16. The third-order valence-corrected chi connectivity index (χ3v) is 6.10. The molecule has 2 heterocycles. The minimum absolute atomic E-state index is 0.209. The van der Waals surface area contributed by atoms with Crippen LogP contribution in [0.5, 0.6) is 0 Å². The summed E-state index contributed by atoms with van der Waals surface area (Å²) < 4.78 is 13.1. The van der Waals surface area contributed by atoms with E-state index in [1.54, 1.807) is 0 Å². The van der Waals surface area contributed by atoms with Crippen molar-refractivity contribution in [1.29, 1.82) is 0 Å². The van der Waals surface area contributed by atoms with E-state index in [2.05, 4.69) is 15.9 Å². The Morgan fingerprint density at radius 3 is 2.21 bits per heavy atom. The van der Waals surface area contributed by atoms with E-state index >= 15 is 0 Å². The van der Waals surface area contributed by atoms with Gasteiger partial charge < -0.3 is 19.6 Å². The molecule has 0 bridgehead atoms. The number of carbonyl (C=O) groups is 1. The van der Waals surface area contributed by atoms with E-state index in [0.29, 0.717) is 6.54 Å². The van der Waals surface area contributed by atoms with Crippen LogP contribution >= 0.6 is 11.6 Å². The Balaban J connectivity index is 1.23. The van der Waals surface area contributed by atoms with Crippen LogP contribution in [-0.2, 0) is 4.79 Å². The van der Waals surface area contributed by atoms with Crippen molar-refractivity contribution in [2.75, 3.05) is 68.7 Å². The van der Waals surface area contributed by atoms with Crippen LogP contribution in [0, 0.1) is 5.82 Å². The van der Waals surface area contributed by atoms with Crippen molar-refractivity contribution in [1.82, 2.24) is 4.90 Å². The molecule has 0 unspecified atom stereocenters. The van der Waals surface area contributed by atoms with Crippen molar-refractivity contribution in [2.24, 2.45) is 0 Å². The zero-order valence-electron chi connectivity index (χ0n) is 16.5. The molecule has 4 rings (SSSR count). The zero-order chi connectivity index (χ0) is 20.2. The Bertz CT molecular complexity index is 831. The lowest BCUT2D eigenvalue weighted by atomic mass is 10.2. The largest absolute Gasteiger partial charge is 0.368 e. The molecule has 0 saturated carbocycles. The van der Waals surface area contributed by atoms with Crippen LogP contribution in [-0.4, -0.2) is 69.7 Å². The van der Waals surface area contributed by atoms with Crippen LogP contribution < -0.4 is 14.7 Å². The Morgan fingerprint density at radius 2 is 1.55 bits per heavy atom. The number of rotatable bonds is 4. The van der Waals surface area contributed by atoms with Crippen LogP contribution in [0.25, 0.3) is 0 Å². The van der Waals surface area contributed by atoms with Crippen molar-refractivity contribution in [3.05, 3.63) is 59.4 Å². The molecule has 2 aromatic carbocycles. The first-order chi connectivity index (χ1) is 14.1. The van der Waals surface area contributed by atoms with Crippen LogP contribution in [0.3, 0.4) is 0 Å². The number of halogens is 2. The minimum Gasteiger partial charge on any atom is -0.368 e. The number of hydrogen-bond donors (Lipinski definition) is 1. The van der Waals surface area contributed by atoms with Gasteiger partial charge in [0, 0.05) is 42.6 Å². The van der Waals surface area contributed by atoms with Crippen LogP contribution in [0.1, 0.15) is 0 Å². The van der Waals surface area contributed by atoms with Gasteiger partial charge in [-0.05, 0) is 42.5 Å². The van der Waals surface area contributed by atoms with E-state index in [0.717, 1.165) is 68.8 Å². The summed E-state index contributed by atoms with van der Waals surface area (Å²) in [4.78, 5) is 20.6. The van der Waals surface area contributed by atoms with Gasteiger partial charge in [0.2, 0.25) is 0 Å². The monoisotopic (exact) mass is 417 g/mol. The Kier molecular flexibility index (Phi) is 6.21. The second kappa shape index (κ2) is 9.01. The maximum absolute atomic E-state index is 13.1. The van der Waals surface area contributed by atoms with Gasteiger partial charge in [-0.2, -0.15) is 0 Å². The van der Waals surface area contributed by atoms with E-state index in [9.17, 15) is 9.18 Å². The number of carbonyl (C=O) groups excluding carboxylic acids is 1. The van der Waals surface area contributed by atoms with Gasteiger partial charge in [0.15, 0.2) is 6.54 Å². The summed E-state index contributed by atoms with van der Waals surface area (Å²) in [5, 5.41) is 0.740. The molecule has 0 aromatic heterocycles. The number of nitrogens with zero attached hydrogens (tertiary/aromatic N) is 3. The standard InChI is InChI=1S/C22H26ClFN4O/c23-18-2-1-3-21(16-18)27-12-14-28(15-13-27)22(29)17-25-8-10-26(11-9-25)20-6-4-19(24)5-7-20/h1-7,16H,8-15,17H2/p+1. The number of nitrogens with one attached hydrogen (secondary N) is 1. The maximum Gasteiger partial charge on any atom is 0.277 e. The highest BCUT2D eigenvalue weighted by Gasteiger charge is 2.27. The predicted octanol–water partition coefficient (Wildman–Crippen LogP) is 1.53. The van der Waals surface area contributed by atoms with Gasteiger partial charge in [-0.25, -0.2) is 4.39 Å².